The Morgan fingerprint density at radius 1 is 1.47 bits per heavy atom. The van der Waals surface area contributed by atoms with Crippen molar-refractivity contribution in [2.45, 2.75) is 0 Å². The first kappa shape index (κ1) is 13.7. The summed E-state index contributed by atoms with van der Waals surface area (Å²) in [7, 11) is 1.75. The molecule has 19 heavy (non-hydrogen) atoms. The smallest absolute Gasteiger partial charge is 0.276 e. The summed E-state index contributed by atoms with van der Waals surface area (Å²) in [5.41, 5.74) is 7.12. The molecule has 0 atom stereocenters. The van der Waals surface area contributed by atoms with Crippen LogP contribution in [0, 0.1) is 0 Å². The maximum absolute atomic E-state index is 12.0. The van der Waals surface area contributed by atoms with Crippen LogP contribution in [0.5, 0.6) is 0 Å². The Morgan fingerprint density at radius 3 is 2.79 bits per heavy atom. The van der Waals surface area contributed by atoms with E-state index in [9.17, 15) is 4.79 Å². The largest absolute Gasteiger partial charge is 0.389 e. The number of hydrogen-bond acceptors (Lipinski definition) is 3. The van der Waals surface area contributed by atoms with Crippen molar-refractivity contribution in [2.75, 3.05) is 5.32 Å². The van der Waals surface area contributed by atoms with Gasteiger partial charge in [0.2, 0.25) is 0 Å². The number of anilines is 1. The molecule has 0 unspecified atom stereocenters. The van der Waals surface area contributed by atoms with Crippen molar-refractivity contribution >= 4 is 44.7 Å². The first-order valence-corrected chi connectivity index (χ1v) is 6.58. The number of amides is 1. The van der Waals surface area contributed by atoms with Crippen LogP contribution < -0.4 is 11.1 Å². The molecule has 2 aromatic rings. The van der Waals surface area contributed by atoms with E-state index in [1.807, 2.05) is 6.07 Å². The van der Waals surface area contributed by atoms with Crippen LogP contribution in [0.15, 0.2) is 34.9 Å². The van der Waals surface area contributed by atoms with Crippen molar-refractivity contribution in [1.82, 2.24) is 9.78 Å². The van der Waals surface area contributed by atoms with Crippen LogP contribution in [0.3, 0.4) is 0 Å². The van der Waals surface area contributed by atoms with E-state index in [4.69, 9.17) is 18.0 Å². The summed E-state index contributed by atoms with van der Waals surface area (Å²) in [6.07, 6.45) is 1.70. The van der Waals surface area contributed by atoms with Gasteiger partial charge in [-0.3, -0.25) is 9.48 Å². The van der Waals surface area contributed by atoms with Gasteiger partial charge >= 0.3 is 0 Å². The Morgan fingerprint density at radius 2 is 2.21 bits per heavy atom. The standard InChI is InChI=1S/C12H11BrN4OS/c1-17-5-4-9(16-17)12(18)15-10-6-7(13)2-3-8(10)11(14)19/h2-6H,1H3,(H2,14,19)(H,15,18). The number of carbonyl (C=O) groups excluding carboxylic acids is 1. The van der Waals surface area contributed by atoms with Gasteiger partial charge in [0.15, 0.2) is 5.69 Å². The van der Waals surface area contributed by atoms with E-state index in [2.05, 4.69) is 26.3 Å². The minimum Gasteiger partial charge on any atom is -0.389 e. The molecule has 0 radical (unpaired) electrons. The van der Waals surface area contributed by atoms with Gasteiger partial charge in [-0.15, -0.1) is 0 Å². The van der Waals surface area contributed by atoms with E-state index in [0.29, 0.717) is 16.9 Å². The number of benzene rings is 1. The molecule has 0 spiro atoms. The molecular formula is C12H11BrN4OS. The third-order valence-electron chi connectivity index (χ3n) is 2.44. The van der Waals surface area contributed by atoms with Gasteiger partial charge < -0.3 is 11.1 Å². The molecule has 1 heterocycles. The van der Waals surface area contributed by atoms with Crippen LogP contribution in [-0.2, 0) is 7.05 Å². The molecule has 0 aliphatic carbocycles. The number of hydrogen-bond donors (Lipinski definition) is 2. The van der Waals surface area contributed by atoms with Crippen LogP contribution in [0.1, 0.15) is 16.1 Å². The number of aromatic nitrogens is 2. The molecule has 0 bridgehead atoms. The van der Waals surface area contributed by atoms with Crippen LogP contribution in [0.2, 0.25) is 0 Å². The van der Waals surface area contributed by atoms with Crippen molar-refractivity contribution in [2.24, 2.45) is 12.8 Å². The van der Waals surface area contributed by atoms with E-state index in [1.165, 1.54) is 0 Å². The Bertz CT molecular complexity index is 653. The van der Waals surface area contributed by atoms with Gasteiger partial charge in [0.25, 0.3) is 5.91 Å². The predicted octanol–water partition coefficient (Wildman–Crippen LogP) is 2.07. The van der Waals surface area contributed by atoms with Gasteiger partial charge in [-0.2, -0.15) is 5.10 Å². The Balaban J connectivity index is 2.30. The first-order chi connectivity index (χ1) is 8.97. The highest BCUT2D eigenvalue weighted by atomic mass is 79.9. The van der Waals surface area contributed by atoms with Gasteiger partial charge in [0.05, 0.1) is 5.69 Å². The molecule has 1 aromatic carbocycles. The molecule has 98 valence electrons. The molecule has 7 heteroatoms. The number of nitrogens with two attached hydrogens (primary N) is 1. The molecule has 2 rings (SSSR count). The zero-order valence-corrected chi connectivity index (χ0v) is 12.5. The lowest BCUT2D eigenvalue weighted by molar-refractivity contribution is 0.102. The zero-order valence-electron chi connectivity index (χ0n) is 10.1. The highest BCUT2D eigenvalue weighted by molar-refractivity contribution is 9.10. The highest BCUT2D eigenvalue weighted by Gasteiger charge is 2.13. The van der Waals surface area contributed by atoms with Crippen molar-refractivity contribution in [3.63, 3.8) is 0 Å². The second kappa shape index (κ2) is 5.50. The van der Waals surface area contributed by atoms with E-state index in [0.717, 1.165) is 4.47 Å². The number of aryl methyl sites for hydroxylation is 1. The van der Waals surface area contributed by atoms with Crippen molar-refractivity contribution < 1.29 is 4.79 Å². The third kappa shape index (κ3) is 3.18. The van der Waals surface area contributed by atoms with Crippen LogP contribution in [0.4, 0.5) is 5.69 Å². The summed E-state index contributed by atoms with van der Waals surface area (Å²) >= 11 is 8.30. The predicted molar refractivity (Wildman–Crippen MR) is 81.2 cm³/mol. The van der Waals surface area contributed by atoms with Crippen LogP contribution in [-0.4, -0.2) is 20.7 Å². The summed E-state index contributed by atoms with van der Waals surface area (Å²) in [6.45, 7) is 0. The lowest BCUT2D eigenvalue weighted by Gasteiger charge is -2.09. The lowest BCUT2D eigenvalue weighted by atomic mass is 10.1. The summed E-state index contributed by atoms with van der Waals surface area (Å²) in [6, 6.07) is 6.94. The van der Waals surface area contributed by atoms with Gasteiger partial charge in [0, 0.05) is 23.3 Å². The maximum Gasteiger partial charge on any atom is 0.276 e. The molecule has 0 aliphatic heterocycles. The summed E-state index contributed by atoms with van der Waals surface area (Å²) in [5, 5.41) is 6.78. The van der Waals surface area contributed by atoms with Crippen molar-refractivity contribution in [3.05, 3.63) is 46.2 Å². The number of nitrogens with one attached hydrogen (secondary N) is 1. The fraction of sp³-hybridized carbons (Fsp3) is 0.0833. The van der Waals surface area contributed by atoms with Gasteiger partial charge in [0.1, 0.15) is 4.99 Å². The number of nitrogens with zero attached hydrogens (tertiary/aromatic N) is 2. The topological polar surface area (TPSA) is 72.9 Å². The molecule has 0 aliphatic rings. The number of rotatable bonds is 3. The number of carbonyl (C=O) groups is 1. The molecular weight excluding hydrogens is 328 g/mol. The molecule has 0 saturated carbocycles. The van der Waals surface area contributed by atoms with Crippen LogP contribution in [0.25, 0.3) is 0 Å². The summed E-state index contributed by atoms with van der Waals surface area (Å²) < 4.78 is 2.38. The summed E-state index contributed by atoms with van der Waals surface area (Å²) in [4.78, 5) is 12.3. The quantitative estimate of drug-likeness (QED) is 0.840. The zero-order chi connectivity index (χ0) is 14.0. The fourth-order valence-electron chi connectivity index (χ4n) is 1.56. The normalized spacial score (nSPS) is 10.2. The van der Waals surface area contributed by atoms with Gasteiger partial charge in [-0.05, 0) is 24.3 Å². The maximum atomic E-state index is 12.0. The highest BCUT2D eigenvalue weighted by Crippen LogP contribution is 2.22. The summed E-state index contributed by atoms with van der Waals surface area (Å²) in [5.74, 6) is -0.309. The molecule has 5 nitrogen and oxygen atoms in total. The van der Waals surface area contributed by atoms with Crippen molar-refractivity contribution in [1.29, 1.82) is 0 Å². The minimum atomic E-state index is -0.309. The van der Waals surface area contributed by atoms with E-state index in [-0.39, 0.29) is 10.9 Å². The van der Waals surface area contributed by atoms with Crippen LogP contribution >= 0.6 is 28.1 Å². The fourth-order valence-corrected chi connectivity index (χ4v) is 2.10. The van der Waals surface area contributed by atoms with E-state index < -0.39 is 0 Å². The molecule has 0 saturated heterocycles. The molecule has 3 N–H and O–H groups in total. The molecule has 0 fully saturated rings. The molecule has 1 aromatic heterocycles. The first-order valence-electron chi connectivity index (χ1n) is 5.37. The Hall–Kier alpha value is -1.73. The minimum absolute atomic E-state index is 0.226. The second-order valence-corrected chi connectivity index (χ2v) is 5.24. The second-order valence-electron chi connectivity index (χ2n) is 3.88. The van der Waals surface area contributed by atoms with Gasteiger partial charge in [-0.1, -0.05) is 28.1 Å². The number of halogens is 1. The average molecular weight is 339 g/mol. The van der Waals surface area contributed by atoms with Gasteiger partial charge in [-0.25, -0.2) is 0 Å². The monoisotopic (exact) mass is 338 g/mol. The third-order valence-corrected chi connectivity index (χ3v) is 3.15. The Labute approximate surface area is 123 Å². The van der Waals surface area contributed by atoms with Crippen molar-refractivity contribution in [3.8, 4) is 0 Å². The average Bonchev–Trinajstić information content (AvgIpc) is 2.75. The SMILES string of the molecule is Cn1ccc(C(=O)Nc2cc(Br)ccc2C(N)=S)n1. The van der Waals surface area contributed by atoms with E-state index >= 15 is 0 Å². The van der Waals surface area contributed by atoms with E-state index in [1.54, 1.807) is 36.1 Å². The Kier molecular flexibility index (Phi) is 3.96. The number of thiocarbonyl (C=S) groups is 1. The molecule has 1 amide bonds. The lowest BCUT2D eigenvalue weighted by Crippen LogP contribution is -2.18.